The summed E-state index contributed by atoms with van der Waals surface area (Å²) in [6, 6.07) is 0. The number of nitrogens with zero attached hydrogens (tertiary/aromatic N) is 5. The fourth-order valence-electron chi connectivity index (χ4n) is 1.57. The Morgan fingerprint density at radius 2 is 2.32 bits per heavy atom. The lowest BCUT2D eigenvalue weighted by Gasteiger charge is -2.08. The van der Waals surface area contributed by atoms with Crippen LogP contribution in [0.1, 0.15) is 5.82 Å². The first-order valence-corrected chi connectivity index (χ1v) is 6.23. The molecule has 0 aliphatic rings. The van der Waals surface area contributed by atoms with E-state index >= 15 is 0 Å². The van der Waals surface area contributed by atoms with Crippen LogP contribution in [0.3, 0.4) is 0 Å². The Kier molecular flexibility index (Phi) is 4.05. The van der Waals surface area contributed by atoms with Gasteiger partial charge < -0.3 is 9.88 Å². The fraction of sp³-hybridized carbons (Fsp3) is 0.300. The number of nitrogens with one attached hydrogen (secondary N) is 1. The van der Waals surface area contributed by atoms with Crippen molar-refractivity contribution in [3.63, 3.8) is 0 Å². The van der Waals surface area contributed by atoms with Crippen LogP contribution in [0.25, 0.3) is 0 Å². The maximum absolute atomic E-state index is 10.9. The third kappa shape index (κ3) is 3.05. The molecule has 2 aromatic heterocycles. The fourth-order valence-corrected chi connectivity index (χ4v) is 2.03. The van der Waals surface area contributed by atoms with Gasteiger partial charge in [-0.1, -0.05) is 0 Å². The molecule has 100 valence electrons. The third-order valence-electron chi connectivity index (χ3n) is 2.53. The van der Waals surface area contributed by atoms with Gasteiger partial charge in [0.25, 0.3) is 0 Å². The molecule has 0 aliphatic heterocycles. The third-order valence-corrected chi connectivity index (χ3v) is 3.13. The monoisotopic (exact) mass is 326 g/mol. The number of aromatic nitrogens is 4. The molecule has 0 amide bonds. The molecular formula is C10H11BrN6O2. The smallest absolute Gasteiger partial charge is 0.311 e. The zero-order valence-corrected chi connectivity index (χ0v) is 11.7. The van der Waals surface area contributed by atoms with E-state index in [9.17, 15) is 10.1 Å². The molecule has 0 spiro atoms. The van der Waals surface area contributed by atoms with Crippen molar-refractivity contribution < 1.29 is 4.92 Å². The van der Waals surface area contributed by atoms with Gasteiger partial charge in [0.2, 0.25) is 0 Å². The van der Waals surface area contributed by atoms with Crippen LogP contribution in [-0.4, -0.2) is 31.2 Å². The molecule has 0 atom stereocenters. The van der Waals surface area contributed by atoms with Gasteiger partial charge in [-0.25, -0.2) is 0 Å². The van der Waals surface area contributed by atoms with Crippen LogP contribution >= 0.6 is 15.9 Å². The summed E-state index contributed by atoms with van der Waals surface area (Å²) < 4.78 is 2.36. The van der Waals surface area contributed by atoms with E-state index in [1.54, 1.807) is 10.9 Å². The molecule has 0 bridgehead atoms. The molecule has 0 aliphatic carbocycles. The molecule has 2 rings (SSSR count). The largest absolute Gasteiger partial charge is 0.378 e. The quantitative estimate of drug-likeness (QED) is 0.660. The molecule has 19 heavy (non-hydrogen) atoms. The van der Waals surface area contributed by atoms with Gasteiger partial charge in [-0.3, -0.25) is 15.1 Å². The van der Waals surface area contributed by atoms with Crippen LogP contribution in [0.4, 0.5) is 11.4 Å². The van der Waals surface area contributed by atoms with E-state index in [-0.39, 0.29) is 5.69 Å². The second-order valence-electron chi connectivity index (χ2n) is 3.81. The number of pyridine rings is 1. The number of anilines is 1. The van der Waals surface area contributed by atoms with Gasteiger partial charge in [-0.2, -0.15) is 0 Å². The molecule has 0 fully saturated rings. The molecule has 0 radical (unpaired) electrons. The number of rotatable bonds is 5. The Morgan fingerprint density at radius 1 is 1.53 bits per heavy atom. The number of hydrogen-bond acceptors (Lipinski definition) is 6. The summed E-state index contributed by atoms with van der Waals surface area (Å²) in [5.41, 5.74) is 0.356. The minimum Gasteiger partial charge on any atom is -0.378 e. The molecule has 0 aromatic carbocycles. The van der Waals surface area contributed by atoms with Crippen molar-refractivity contribution in [2.24, 2.45) is 7.05 Å². The average molecular weight is 327 g/mol. The molecular weight excluding hydrogens is 316 g/mol. The van der Waals surface area contributed by atoms with E-state index < -0.39 is 4.92 Å². The number of aryl methyl sites for hydroxylation is 1. The Bertz CT molecular complexity index is 599. The Hall–Kier alpha value is -2.03. The lowest BCUT2D eigenvalue weighted by molar-refractivity contribution is -0.384. The van der Waals surface area contributed by atoms with Gasteiger partial charge in [0.15, 0.2) is 0 Å². The van der Waals surface area contributed by atoms with E-state index in [0.717, 1.165) is 5.82 Å². The zero-order valence-electron chi connectivity index (χ0n) is 10.1. The summed E-state index contributed by atoms with van der Waals surface area (Å²) in [6.45, 7) is 0.510. The normalized spacial score (nSPS) is 10.4. The van der Waals surface area contributed by atoms with Crippen LogP contribution in [0.2, 0.25) is 0 Å². The van der Waals surface area contributed by atoms with Crippen molar-refractivity contribution in [3.8, 4) is 0 Å². The van der Waals surface area contributed by atoms with Crippen molar-refractivity contribution in [3.05, 3.63) is 39.1 Å². The van der Waals surface area contributed by atoms with Gasteiger partial charge in [0, 0.05) is 26.2 Å². The summed E-state index contributed by atoms with van der Waals surface area (Å²) >= 11 is 3.25. The van der Waals surface area contributed by atoms with Crippen molar-refractivity contribution in [2.75, 3.05) is 11.9 Å². The van der Waals surface area contributed by atoms with Crippen molar-refractivity contribution in [2.45, 2.75) is 6.42 Å². The molecule has 2 aromatic rings. The van der Waals surface area contributed by atoms with E-state index in [4.69, 9.17) is 0 Å². The number of hydrogen-bond donors (Lipinski definition) is 1. The van der Waals surface area contributed by atoms with Gasteiger partial charge >= 0.3 is 5.69 Å². The molecule has 8 nitrogen and oxygen atoms in total. The standard InChI is InChI=1S/C10H11BrN6O2/c1-16-6-14-15-9(16)2-3-13-10-7(11)4-12-5-8(10)17(18)19/h4-6H,2-3H2,1H3,(H,12,13). The maximum atomic E-state index is 10.9. The van der Waals surface area contributed by atoms with Crippen LogP contribution in [-0.2, 0) is 13.5 Å². The van der Waals surface area contributed by atoms with Gasteiger partial charge in [-0.05, 0) is 15.9 Å². The maximum Gasteiger partial charge on any atom is 0.311 e. The van der Waals surface area contributed by atoms with Crippen LogP contribution in [0, 0.1) is 10.1 Å². The summed E-state index contributed by atoms with van der Waals surface area (Å²) in [5.74, 6) is 0.806. The van der Waals surface area contributed by atoms with E-state index in [1.165, 1.54) is 12.4 Å². The summed E-state index contributed by atoms with van der Waals surface area (Å²) in [5, 5.41) is 21.6. The molecule has 9 heteroatoms. The highest BCUT2D eigenvalue weighted by molar-refractivity contribution is 9.10. The van der Waals surface area contributed by atoms with Gasteiger partial charge in [0.05, 0.1) is 9.40 Å². The minimum atomic E-state index is -0.470. The predicted octanol–water partition coefficient (Wildman–Crippen LogP) is 1.54. The average Bonchev–Trinajstić information content (AvgIpc) is 2.77. The molecule has 0 unspecified atom stereocenters. The summed E-state index contributed by atoms with van der Waals surface area (Å²) in [4.78, 5) is 14.2. The SMILES string of the molecule is Cn1cnnc1CCNc1c(Br)cncc1[N+](=O)[O-]. The second kappa shape index (κ2) is 5.74. The number of nitro groups is 1. The minimum absolute atomic E-state index is 0.0626. The highest BCUT2D eigenvalue weighted by atomic mass is 79.9. The molecule has 0 saturated carbocycles. The van der Waals surface area contributed by atoms with E-state index in [1.807, 2.05) is 7.05 Å². The highest BCUT2D eigenvalue weighted by Crippen LogP contribution is 2.30. The van der Waals surface area contributed by atoms with E-state index in [2.05, 4.69) is 36.4 Å². The Balaban J connectivity index is 2.07. The topological polar surface area (TPSA) is 98.8 Å². The lowest BCUT2D eigenvalue weighted by Crippen LogP contribution is -2.10. The number of halogens is 1. The van der Waals surface area contributed by atoms with Gasteiger partial charge in [-0.15, -0.1) is 10.2 Å². The van der Waals surface area contributed by atoms with Crippen molar-refractivity contribution in [1.29, 1.82) is 0 Å². The van der Waals surface area contributed by atoms with Crippen LogP contribution in [0.5, 0.6) is 0 Å². The highest BCUT2D eigenvalue weighted by Gasteiger charge is 2.16. The van der Waals surface area contributed by atoms with E-state index in [0.29, 0.717) is 23.1 Å². The Labute approximate surface area is 117 Å². The first-order valence-electron chi connectivity index (χ1n) is 5.44. The van der Waals surface area contributed by atoms with Crippen LogP contribution in [0.15, 0.2) is 23.2 Å². The zero-order chi connectivity index (χ0) is 13.8. The molecule has 2 heterocycles. The second-order valence-corrected chi connectivity index (χ2v) is 4.66. The molecule has 1 N–H and O–H groups in total. The summed E-state index contributed by atoms with van der Waals surface area (Å²) in [6.07, 6.45) is 4.95. The summed E-state index contributed by atoms with van der Waals surface area (Å²) in [7, 11) is 1.85. The van der Waals surface area contributed by atoms with Crippen molar-refractivity contribution in [1.82, 2.24) is 19.7 Å². The van der Waals surface area contributed by atoms with Gasteiger partial charge in [0.1, 0.15) is 24.0 Å². The van der Waals surface area contributed by atoms with Crippen LogP contribution < -0.4 is 5.32 Å². The van der Waals surface area contributed by atoms with Crippen molar-refractivity contribution >= 4 is 27.3 Å². The first kappa shape index (κ1) is 13.4. The Morgan fingerprint density at radius 3 is 2.95 bits per heavy atom. The lowest BCUT2D eigenvalue weighted by atomic mass is 10.3. The first-order chi connectivity index (χ1) is 9.09. The molecule has 0 saturated heterocycles. The predicted molar refractivity (Wildman–Crippen MR) is 71.8 cm³/mol.